The fourth-order valence-electron chi connectivity index (χ4n) is 3.69. The number of ether oxygens (including phenoxy) is 1. The smallest absolute Gasteiger partial charge is 0.115 e. The van der Waals surface area contributed by atoms with Gasteiger partial charge in [0, 0.05) is 28.2 Å². The number of nitrogens with one attached hydrogen (secondary N) is 1. The maximum atomic E-state index is 9.81. The first kappa shape index (κ1) is 14.1. The topological polar surface area (TPSA) is 41.5 Å². The van der Waals surface area contributed by atoms with Crippen LogP contribution in [0, 0.1) is 5.92 Å². The van der Waals surface area contributed by atoms with Crippen LogP contribution in [0.4, 0.5) is 5.69 Å². The highest BCUT2D eigenvalue weighted by molar-refractivity contribution is 9.10. The lowest BCUT2D eigenvalue weighted by molar-refractivity contribution is -0.0381. The Labute approximate surface area is 138 Å². The highest BCUT2D eigenvalue weighted by atomic mass is 79.9. The molecule has 0 spiro atoms. The van der Waals surface area contributed by atoms with Crippen LogP contribution in [0.3, 0.4) is 0 Å². The van der Waals surface area contributed by atoms with Crippen LogP contribution in [0.1, 0.15) is 36.1 Å². The summed E-state index contributed by atoms with van der Waals surface area (Å²) in [6, 6.07) is 14.0. The zero-order valence-corrected chi connectivity index (χ0v) is 13.7. The molecule has 0 aliphatic carbocycles. The molecule has 4 heteroatoms. The molecule has 2 heterocycles. The SMILES string of the molecule is Oc1cccc([C@@H]2Nc3ccc(Br)cc3[C@H]3OCCC[C@@H]32)c1. The molecule has 2 aliphatic rings. The van der Waals surface area contributed by atoms with Crippen LogP contribution in [0.15, 0.2) is 46.9 Å². The second kappa shape index (κ2) is 5.60. The Kier molecular flexibility index (Phi) is 3.59. The summed E-state index contributed by atoms with van der Waals surface area (Å²) in [4.78, 5) is 0. The zero-order valence-electron chi connectivity index (χ0n) is 12.1. The lowest BCUT2D eigenvalue weighted by Gasteiger charge is -2.43. The third-order valence-electron chi connectivity index (χ3n) is 4.66. The molecule has 1 saturated heterocycles. The van der Waals surface area contributed by atoms with E-state index in [1.54, 1.807) is 6.07 Å². The Hall–Kier alpha value is -1.52. The van der Waals surface area contributed by atoms with Crippen LogP contribution >= 0.6 is 15.9 Å². The summed E-state index contributed by atoms with van der Waals surface area (Å²) in [5.74, 6) is 0.700. The second-order valence-corrected chi connectivity index (χ2v) is 6.96. The van der Waals surface area contributed by atoms with E-state index in [2.05, 4.69) is 45.5 Å². The fourth-order valence-corrected chi connectivity index (χ4v) is 4.07. The summed E-state index contributed by atoms with van der Waals surface area (Å²) in [6.07, 6.45) is 2.33. The molecule has 114 valence electrons. The molecule has 1 fully saturated rings. The summed E-state index contributed by atoms with van der Waals surface area (Å²) in [7, 11) is 0. The highest BCUT2D eigenvalue weighted by Crippen LogP contribution is 2.49. The normalized spacial score (nSPS) is 26.7. The van der Waals surface area contributed by atoms with Gasteiger partial charge in [-0.05, 0) is 48.7 Å². The standard InChI is InChI=1S/C18H18BrNO2/c19-12-6-7-16-15(10-12)18-14(5-2-8-22-18)17(20-16)11-3-1-4-13(21)9-11/h1,3-4,6-7,9-10,14,17-18,20-21H,2,5,8H2/t14-,17+,18+/m1/s1. The molecular weight excluding hydrogens is 342 g/mol. The minimum atomic E-state index is 0.120. The van der Waals surface area contributed by atoms with Crippen molar-refractivity contribution in [1.29, 1.82) is 0 Å². The van der Waals surface area contributed by atoms with E-state index in [0.717, 1.165) is 35.2 Å². The van der Waals surface area contributed by atoms with Gasteiger partial charge >= 0.3 is 0 Å². The number of fused-ring (bicyclic) bond motifs is 3. The van der Waals surface area contributed by atoms with E-state index < -0.39 is 0 Å². The molecule has 0 unspecified atom stereocenters. The first-order chi connectivity index (χ1) is 10.7. The summed E-state index contributed by atoms with van der Waals surface area (Å²) in [5, 5.41) is 13.5. The van der Waals surface area contributed by atoms with Gasteiger partial charge in [0.05, 0.1) is 12.1 Å². The van der Waals surface area contributed by atoms with Gasteiger partial charge < -0.3 is 15.2 Å². The Morgan fingerprint density at radius 2 is 2.09 bits per heavy atom. The molecule has 0 amide bonds. The average Bonchev–Trinajstić information content (AvgIpc) is 2.54. The molecule has 2 aromatic rings. The zero-order chi connectivity index (χ0) is 15.1. The van der Waals surface area contributed by atoms with E-state index in [-0.39, 0.29) is 12.1 Å². The van der Waals surface area contributed by atoms with Gasteiger partial charge in [-0.15, -0.1) is 0 Å². The Morgan fingerprint density at radius 1 is 1.18 bits per heavy atom. The van der Waals surface area contributed by atoms with Crippen molar-refractivity contribution in [3.05, 3.63) is 58.1 Å². The van der Waals surface area contributed by atoms with E-state index in [4.69, 9.17) is 4.74 Å². The average molecular weight is 360 g/mol. The number of benzene rings is 2. The Bertz CT molecular complexity index is 703. The minimum Gasteiger partial charge on any atom is -0.508 e. The Balaban J connectivity index is 1.79. The van der Waals surface area contributed by atoms with E-state index in [0.29, 0.717) is 11.7 Å². The largest absolute Gasteiger partial charge is 0.508 e. The van der Waals surface area contributed by atoms with E-state index >= 15 is 0 Å². The van der Waals surface area contributed by atoms with Gasteiger partial charge in [-0.3, -0.25) is 0 Å². The molecule has 22 heavy (non-hydrogen) atoms. The Morgan fingerprint density at radius 3 is 2.95 bits per heavy atom. The predicted octanol–water partition coefficient (Wildman–Crippen LogP) is 4.79. The third kappa shape index (κ3) is 2.40. The van der Waals surface area contributed by atoms with Crippen LogP contribution in [0.5, 0.6) is 5.75 Å². The van der Waals surface area contributed by atoms with Crippen LogP contribution in [-0.4, -0.2) is 11.7 Å². The number of hydrogen-bond acceptors (Lipinski definition) is 3. The van der Waals surface area contributed by atoms with Gasteiger partial charge in [-0.1, -0.05) is 28.1 Å². The molecule has 3 atom stereocenters. The van der Waals surface area contributed by atoms with Crippen LogP contribution in [0.2, 0.25) is 0 Å². The maximum Gasteiger partial charge on any atom is 0.115 e. The van der Waals surface area contributed by atoms with Crippen molar-refractivity contribution in [2.75, 3.05) is 11.9 Å². The van der Waals surface area contributed by atoms with Crippen molar-refractivity contribution in [3.8, 4) is 5.75 Å². The van der Waals surface area contributed by atoms with Gasteiger partial charge in [-0.2, -0.15) is 0 Å². The molecule has 0 radical (unpaired) electrons. The van der Waals surface area contributed by atoms with Crippen LogP contribution < -0.4 is 5.32 Å². The van der Waals surface area contributed by atoms with E-state index in [1.807, 2.05) is 12.1 Å². The van der Waals surface area contributed by atoms with Crippen molar-refractivity contribution in [3.63, 3.8) is 0 Å². The van der Waals surface area contributed by atoms with Crippen molar-refractivity contribution in [1.82, 2.24) is 0 Å². The number of phenolic OH excluding ortho intramolecular Hbond substituents is 1. The molecule has 2 N–H and O–H groups in total. The number of rotatable bonds is 1. The van der Waals surface area contributed by atoms with Gasteiger partial charge in [0.1, 0.15) is 5.75 Å². The van der Waals surface area contributed by atoms with E-state index in [1.165, 1.54) is 5.56 Å². The highest BCUT2D eigenvalue weighted by Gasteiger charge is 2.39. The van der Waals surface area contributed by atoms with Gasteiger partial charge in [-0.25, -0.2) is 0 Å². The first-order valence-electron chi connectivity index (χ1n) is 7.69. The number of hydrogen-bond donors (Lipinski definition) is 2. The van der Waals surface area contributed by atoms with Gasteiger partial charge in [0.25, 0.3) is 0 Å². The molecule has 0 bridgehead atoms. The first-order valence-corrected chi connectivity index (χ1v) is 8.48. The molecule has 4 rings (SSSR count). The van der Waals surface area contributed by atoms with Gasteiger partial charge in [0.2, 0.25) is 0 Å². The maximum absolute atomic E-state index is 9.81. The number of anilines is 1. The molecule has 0 saturated carbocycles. The van der Waals surface area contributed by atoms with Crippen molar-refractivity contribution in [2.24, 2.45) is 5.92 Å². The molecule has 0 aromatic heterocycles. The van der Waals surface area contributed by atoms with E-state index in [9.17, 15) is 5.11 Å². The summed E-state index contributed by atoms with van der Waals surface area (Å²) < 4.78 is 7.20. The third-order valence-corrected chi connectivity index (χ3v) is 5.15. The predicted molar refractivity (Wildman–Crippen MR) is 90.0 cm³/mol. The fraction of sp³-hybridized carbons (Fsp3) is 0.333. The van der Waals surface area contributed by atoms with Crippen molar-refractivity contribution >= 4 is 21.6 Å². The molecule has 2 aromatic carbocycles. The van der Waals surface area contributed by atoms with Crippen LogP contribution in [-0.2, 0) is 4.74 Å². The minimum absolute atomic E-state index is 0.120. The lowest BCUT2D eigenvalue weighted by Crippen LogP contribution is -2.35. The van der Waals surface area contributed by atoms with Crippen molar-refractivity contribution < 1.29 is 9.84 Å². The summed E-state index contributed by atoms with van der Waals surface area (Å²) in [6.45, 7) is 0.819. The number of aromatic hydroxyl groups is 1. The van der Waals surface area contributed by atoms with Gasteiger partial charge in [0.15, 0.2) is 0 Å². The molecule has 3 nitrogen and oxygen atoms in total. The summed E-state index contributed by atoms with van der Waals surface area (Å²) in [5.41, 5.74) is 3.48. The quantitative estimate of drug-likeness (QED) is 0.768. The van der Waals surface area contributed by atoms with Crippen molar-refractivity contribution in [2.45, 2.75) is 25.0 Å². The number of halogens is 1. The molecule has 2 aliphatic heterocycles. The monoisotopic (exact) mass is 359 g/mol. The summed E-state index contributed by atoms with van der Waals surface area (Å²) >= 11 is 3.56. The second-order valence-electron chi connectivity index (χ2n) is 6.05. The molecular formula is C18H18BrNO2. The van der Waals surface area contributed by atoms with Crippen LogP contribution in [0.25, 0.3) is 0 Å². The lowest BCUT2D eigenvalue weighted by atomic mass is 9.77. The number of phenols is 1.